The lowest BCUT2D eigenvalue weighted by atomic mass is 9.95. The number of aromatic nitrogens is 4. The lowest BCUT2D eigenvalue weighted by Crippen LogP contribution is -2.11. The fourth-order valence-corrected chi connectivity index (χ4v) is 7.01. The standard InChI is InChI=1S/C33H24N4S/c1-3-11-21(12-4-1)31-34-32(22-13-5-2-6-14-22)36-33(35-31)37-27-17-9-7-15-23(27)25-19-26-24-16-8-10-18-29(24)38-30(26)20-28(25)37/h1-6,8,10-14,16,18-20H,7,9,15,17H2. The molecule has 4 nitrogen and oxygen atoms in total. The molecule has 0 N–H and O–H groups in total. The van der Waals surface area contributed by atoms with Crippen molar-refractivity contribution in [1.29, 1.82) is 0 Å². The van der Waals surface area contributed by atoms with Crippen molar-refractivity contribution in [3.8, 4) is 28.7 Å². The molecule has 0 fully saturated rings. The Kier molecular flexibility index (Phi) is 4.92. The number of benzene rings is 4. The molecule has 4 aromatic carbocycles. The SMILES string of the molecule is c1ccc(-c2nc(-c3ccccc3)nc(-n3c4c(c5cc6c(cc53)sc3ccccc36)CCCC4)n2)cc1. The third kappa shape index (κ3) is 3.39. The van der Waals surface area contributed by atoms with Gasteiger partial charge in [0.25, 0.3) is 0 Å². The second kappa shape index (κ2) is 8.61. The minimum Gasteiger partial charge on any atom is -0.282 e. The second-order valence-corrected chi connectivity index (χ2v) is 11.0. The summed E-state index contributed by atoms with van der Waals surface area (Å²) in [7, 11) is 0. The van der Waals surface area contributed by atoms with E-state index in [1.54, 1.807) is 0 Å². The van der Waals surface area contributed by atoms with Gasteiger partial charge in [-0.3, -0.25) is 4.57 Å². The van der Waals surface area contributed by atoms with E-state index < -0.39 is 0 Å². The molecule has 0 atom stereocenters. The number of thiophene rings is 1. The van der Waals surface area contributed by atoms with Crippen LogP contribution < -0.4 is 0 Å². The summed E-state index contributed by atoms with van der Waals surface area (Å²) < 4.78 is 4.96. The van der Waals surface area contributed by atoms with Crippen molar-refractivity contribution < 1.29 is 0 Å². The van der Waals surface area contributed by atoms with E-state index in [1.165, 1.54) is 55.2 Å². The molecule has 1 aliphatic rings. The molecule has 0 bridgehead atoms. The van der Waals surface area contributed by atoms with Crippen molar-refractivity contribution in [2.24, 2.45) is 0 Å². The first-order valence-corrected chi connectivity index (χ1v) is 14.0. The Morgan fingerprint density at radius 3 is 1.97 bits per heavy atom. The van der Waals surface area contributed by atoms with Crippen LogP contribution in [0, 0.1) is 0 Å². The summed E-state index contributed by atoms with van der Waals surface area (Å²) in [5.41, 5.74) is 5.97. The van der Waals surface area contributed by atoms with Crippen molar-refractivity contribution in [2.75, 3.05) is 0 Å². The van der Waals surface area contributed by atoms with E-state index in [4.69, 9.17) is 15.0 Å². The first-order chi connectivity index (χ1) is 18.8. The largest absolute Gasteiger partial charge is 0.282 e. The van der Waals surface area contributed by atoms with Gasteiger partial charge in [0, 0.05) is 42.4 Å². The van der Waals surface area contributed by atoms with Gasteiger partial charge in [0.2, 0.25) is 5.95 Å². The average molecular weight is 509 g/mol. The molecule has 3 heterocycles. The Balaban J connectivity index is 1.45. The first kappa shape index (κ1) is 21.7. The summed E-state index contributed by atoms with van der Waals surface area (Å²) in [6, 6.07) is 34.0. The molecule has 0 saturated carbocycles. The topological polar surface area (TPSA) is 43.6 Å². The first-order valence-electron chi connectivity index (χ1n) is 13.2. The van der Waals surface area contributed by atoms with E-state index >= 15 is 0 Å². The fraction of sp³-hybridized carbons (Fsp3) is 0.121. The lowest BCUT2D eigenvalue weighted by molar-refractivity contribution is 0.661. The van der Waals surface area contributed by atoms with E-state index in [-0.39, 0.29) is 0 Å². The van der Waals surface area contributed by atoms with Crippen LogP contribution in [0.3, 0.4) is 0 Å². The van der Waals surface area contributed by atoms with E-state index in [1.807, 2.05) is 47.7 Å². The van der Waals surface area contributed by atoms with Gasteiger partial charge in [-0.2, -0.15) is 9.97 Å². The number of aryl methyl sites for hydroxylation is 1. The average Bonchev–Trinajstić information content (AvgIpc) is 3.51. The lowest BCUT2D eigenvalue weighted by Gasteiger charge is -2.16. The molecule has 0 unspecified atom stereocenters. The quantitative estimate of drug-likeness (QED) is 0.241. The van der Waals surface area contributed by atoms with Crippen LogP contribution in [-0.4, -0.2) is 19.5 Å². The summed E-state index contributed by atoms with van der Waals surface area (Å²) in [6.45, 7) is 0. The zero-order chi connectivity index (χ0) is 25.1. The molecule has 182 valence electrons. The Morgan fingerprint density at radius 2 is 1.24 bits per heavy atom. The molecule has 8 rings (SSSR count). The highest BCUT2D eigenvalue weighted by molar-refractivity contribution is 7.25. The summed E-state index contributed by atoms with van der Waals surface area (Å²) in [5.74, 6) is 2.10. The number of fused-ring (bicyclic) bond motifs is 6. The minimum absolute atomic E-state index is 0.698. The van der Waals surface area contributed by atoms with Crippen LogP contribution in [-0.2, 0) is 12.8 Å². The molecule has 0 saturated heterocycles. The monoisotopic (exact) mass is 508 g/mol. The molecular formula is C33H24N4S. The summed E-state index contributed by atoms with van der Waals surface area (Å²) in [5, 5.41) is 4.01. The van der Waals surface area contributed by atoms with Crippen LogP contribution in [0.1, 0.15) is 24.1 Å². The molecular weight excluding hydrogens is 484 g/mol. The fourth-order valence-electron chi connectivity index (χ4n) is 5.88. The van der Waals surface area contributed by atoms with Gasteiger partial charge in [-0.1, -0.05) is 78.9 Å². The van der Waals surface area contributed by atoms with E-state index in [2.05, 4.69) is 65.2 Å². The highest BCUT2D eigenvalue weighted by atomic mass is 32.1. The van der Waals surface area contributed by atoms with Crippen LogP contribution in [0.4, 0.5) is 0 Å². The van der Waals surface area contributed by atoms with Crippen molar-refractivity contribution in [3.63, 3.8) is 0 Å². The molecule has 0 spiro atoms. The van der Waals surface area contributed by atoms with Gasteiger partial charge < -0.3 is 0 Å². The van der Waals surface area contributed by atoms with Gasteiger partial charge in [0.05, 0.1) is 5.52 Å². The van der Waals surface area contributed by atoms with Crippen LogP contribution in [0.25, 0.3) is 59.8 Å². The predicted octanol–water partition coefficient (Wildman–Crippen LogP) is 8.40. The maximum atomic E-state index is 5.10. The maximum absolute atomic E-state index is 5.10. The van der Waals surface area contributed by atoms with Crippen molar-refractivity contribution in [1.82, 2.24) is 19.5 Å². The molecule has 1 aliphatic carbocycles. The number of nitrogens with zero attached hydrogens (tertiary/aromatic N) is 4. The van der Waals surface area contributed by atoms with E-state index in [9.17, 15) is 0 Å². The van der Waals surface area contributed by atoms with Crippen molar-refractivity contribution >= 4 is 42.4 Å². The third-order valence-electron chi connectivity index (χ3n) is 7.66. The third-order valence-corrected chi connectivity index (χ3v) is 8.79. The van der Waals surface area contributed by atoms with Gasteiger partial charge >= 0.3 is 0 Å². The second-order valence-electron chi connectivity index (χ2n) is 9.95. The maximum Gasteiger partial charge on any atom is 0.238 e. The summed E-state index contributed by atoms with van der Waals surface area (Å²) in [4.78, 5) is 15.1. The van der Waals surface area contributed by atoms with Crippen LogP contribution >= 0.6 is 11.3 Å². The molecule has 0 radical (unpaired) electrons. The number of hydrogen-bond acceptors (Lipinski definition) is 4. The Bertz CT molecular complexity index is 1910. The van der Waals surface area contributed by atoms with Gasteiger partial charge in [-0.05, 0) is 49.4 Å². The molecule has 38 heavy (non-hydrogen) atoms. The summed E-state index contributed by atoms with van der Waals surface area (Å²) >= 11 is 1.86. The minimum atomic E-state index is 0.698. The van der Waals surface area contributed by atoms with Crippen LogP contribution in [0.5, 0.6) is 0 Å². The normalized spacial score (nSPS) is 13.4. The van der Waals surface area contributed by atoms with Crippen LogP contribution in [0.15, 0.2) is 97.1 Å². The predicted molar refractivity (Wildman–Crippen MR) is 157 cm³/mol. The zero-order valence-corrected chi connectivity index (χ0v) is 21.6. The molecule has 3 aromatic heterocycles. The summed E-state index contributed by atoms with van der Waals surface area (Å²) in [6.07, 6.45) is 4.53. The van der Waals surface area contributed by atoms with E-state index in [0.29, 0.717) is 17.6 Å². The Labute approximate surface area is 224 Å². The van der Waals surface area contributed by atoms with Crippen molar-refractivity contribution in [2.45, 2.75) is 25.7 Å². The highest BCUT2D eigenvalue weighted by Crippen LogP contribution is 2.41. The van der Waals surface area contributed by atoms with Gasteiger partial charge in [-0.15, -0.1) is 11.3 Å². The Hall–Kier alpha value is -4.35. The van der Waals surface area contributed by atoms with Gasteiger partial charge in [-0.25, -0.2) is 4.98 Å². The smallest absolute Gasteiger partial charge is 0.238 e. The highest BCUT2D eigenvalue weighted by Gasteiger charge is 2.24. The Morgan fingerprint density at radius 1 is 0.579 bits per heavy atom. The van der Waals surface area contributed by atoms with Crippen molar-refractivity contribution in [3.05, 3.63) is 108 Å². The van der Waals surface area contributed by atoms with Gasteiger partial charge in [0.1, 0.15) is 0 Å². The van der Waals surface area contributed by atoms with Crippen LogP contribution in [0.2, 0.25) is 0 Å². The number of hydrogen-bond donors (Lipinski definition) is 0. The van der Waals surface area contributed by atoms with E-state index in [0.717, 1.165) is 24.0 Å². The zero-order valence-electron chi connectivity index (χ0n) is 20.8. The molecule has 0 aliphatic heterocycles. The number of rotatable bonds is 3. The molecule has 7 aromatic rings. The molecule has 0 amide bonds. The van der Waals surface area contributed by atoms with Gasteiger partial charge in [0.15, 0.2) is 11.6 Å². The molecule has 5 heteroatoms.